The Hall–Kier alpha value is -1.55. The van der Waals surface area contributed by atoms with E-state index in [1.54, 1.807) is 24.5 Å². The lowest BCUT2D eigenvalue weighted by molar-refractivity contribution is 0.255. The first-order chi connectivity index (χ1) is 7.24. The molecule has 1 rings (SSSR count). The minimum atomic E-state index is -0.338. The molecule has 0 aliphatic carbocycles. The maximum atomic E-state index is 11.3. The second kappa shape index (κ2) is 6.03. The number of carbonyl (C=O) groups excluding carboxylic acids is 1. The summed E-state index contributed by atoms with van der Waals surface area (Å²) in [5, 5.41) is 5.39. The first kappa shape index (κ1) is 11.5. The van der Waals surface area contributed by atoms with Crippen molar-refractivity contribution in [3.63, 3.8) is 0 Å². The number of rotatable bonds is 3. The number of urea groups is 1. The molecule has 1 aromatic heterocycles. The molecule has 1 aromatic rings. The van der Waals surface area contributed by atoms with Crippen LogP contribution in [-0.4, -0.2) is 11.0 Å². The summed E-state index contributed by atoms with van der Waals surface area (Å²) in [6, 6.07) is 3.04. The predicted octanol–water partition coefficient (Wildman–Crippen LogP) is 2.78. The van der Waals surface area contributed by atoms with Gasteiger partial charge in [-0.2, -0.15) is 0 Å². The van der Waals surface area contributed by atoms with Crippen LogP contribution in [0.1, 0.15) is 13.3 Å². The van der Waals surface area contributed by atoms with Crippen molar-refractivity contribution in [3.8, 4) is 0 Å². The van der Waals surface area contributed by atoms with Gasteiger partial charge in [-0.05, 0) is 18.6 Å². The molecular weight excluding hydrogens is 214 g/mol. The minimum Gasteiger partial charge on any atom is -0.315 e. The van der Waals surface area contributed by atoms with Crippen LogP contribution in [0.4, 0.5) is 10.5 Å². The summed E-state index contributed by atoms with van der Waals surface area (Å²) in [7, 11) is 0. The van der Waals surface area contributed by atoms with Gasteiger partial charge in [0.05, 0.1) is 5.69 Å². The molecular formula is C10H12ClN3O. The number of allylic oxidation sites excluding steroid dienone is 1. The number of pyridine rings is 1. The van der Waals surface area contributed by atoms with Gasteiger partial charge < -0.3 is 10.6 Å². The monoisotopic (exact) mass is 225 g/mol. The van der Waals surface area contributed by atoms with Crippen LogP contribution in [0.25, 0.3) is 0 Å². The largest absolute Gasteiger partial charge is 0.323 e. The van der Waals surface area contributed by atoms with E-state index >= 15 is 0 Å². The van der Waals surface area contributed by atoms with Gasteiger partial charge in [-0.1, -0.05) is 24.6 Å². The topological polar surface area (TPSA) is 54.0 Å². The Morgan fingerprint density at radius 2 is 2.47 bits per heavy atom. The number of anilines is 1. The number of nitrogens with one attached hydrogen (secondary N) is 2. The van der Waals surface area contributed by atoms with Gasteiger partial charge in [-0.3, -0.25) is 0 Å². The molecule has 1 heterocycles. The number of amides is 2. The summed E-state index contributed by atoms with van der Waals surface area (Å²) < 4.78 is 0. The highest BCUT2D eigenvalue weighted by atomic mass is 35.5. The first-order valence-electron chi connectivity index (χ1n) is 4.57. The van der Waals surface area contributed by atoms with Crippen molar-refractivity contribution in [2.24, 2.45) is 0 Å². The number of carbonyl (C=O) groups is 1. The summed E-state index contributed by atoms with van der Waals surface area (Å²) in [6.07, 6.45) is 5.85. The van der Waals surface area contributed by atoms with Crippen LogP contribution in [0, 0.1) is 0 Å². The quantitative estimate of drug-likeness (QED) is 0.778. The summed E-state index contributed by atoms with van der Waals surface area (Å²) in [6.45, 7) is 1.98. The fourth-order valence-corrected chi connectivity index (χ4v) is 1.06. The minimum absolute atomic E-state index is 0.270. The SMILES string of the molecule is CC/C=C/NC(=O)Nc1cccnc1Cl. The molecule has 0 aliphatic heterocycles. The van der Waals surface area contributed by atoms with Gasteiger partial charge in [0.2, 0.25) is 0 Å². The third-order valence-corrected chi connectivity index (χ3v) is 1.88. The van der Waals surface area contributed by atoms with E-state index in [-0.39, 0.29) is 11.2 Å². The highest BCUT2D eigenvalue weighted by molar-refractivity contribution is 6.32. The Balaban J connectivity index is 2.52. The Kier molecular flexibility index (Phi) is 4.63. The second-order valence-electron chi connectivity index (χ2n) is 2.75. The lowest BCUT2D eigenvalue weighted by Crippen LogP contribution is -2.24. The van der Waals surface area contributed by atoms with Gasteiger partial charge in [-0.25, -0.2) is 9.78 Å². The molecule has 0 aromatic carbocycles. The molecule has 80 valence electrons. The standard InChI is InChI=1S/C10H12ClN3O/c1-2-3-6-13-10(15)14-8-5-4-7-12-9(8)11/h3-7H,2H2,1H3,(H2,13,14,15)/b6-3+. The van der Waals surface area contributed by atoms with Gasteiger partial charge in [-0.15, -0.1) is 0 Å². The Morgan fingerprint density at radius 3 is 3.13 bits per heavy atom. The molecule has 0 saturated carbocycles. The highest BCUT2D eigenvalue weighted by Crippen LogP contribution is 2.16. The maximum Gasteiger partial charge on any atom is 0.323 e. The van der Waals surface area contributed by atoms with Gasteiger partial charge in [0.1, 0.15) is 0 Å². The summed E-state index contributed by atoms with van der Waals surface area (Å²) >= 11 is 5.76. The van der Waals surface area contributed by atoms with Crippen LogP contribution in [0.15, 0.2) is 30.6 Å². The Bertz CT molecular complexity index is 365. The van der Waals surface area contributed by atoms with E-state index in [1.807, 2.05) is 13.0 Å². The lowest BCUT2D eigenvalue weighted by atomic mass is 10.4. The average Bonchev–Trinajstić information content (AvgIpc) is 2.22. The Labute approximate surface area is 93.4 Å². The summed E-state index contributed by atoms with van der Waals surface area (Å²) in [5.74, 6) is 0. The zero-order valence-corrected chi connectivity index (χ0v) is 9.08. The molecule has 2 N–H and O–H groups in total. The zero-order chi connectivity index (χ0) is 11.1. The second-order valence-corrected chi connectivity index (χ2v) is 3.11. The maximum absolute atomic E-state index is 11.3. The van der Waals surface area contributed by atoms with Gasteiger partial charge in [0, 0.05) is 12.4 Å². The van der Waals surface area contributed by atoms with E-state index in [2.05, 4.69) is 15.6 Å². The van der Waals surface area contributed by atoms with Crippen LogP contribution in [-0.2, 0) is 0 Å². The number of nitrogens with zero attached hydrogens (tertiary/aromatic N) is 1. The van der Waals surface area contributed by atoms with E-state index in [4.69, 9.17) is 11.6 Å². The van der Waals surface area contributed by atoms with E-state index in [1.165, 1.54) is 0 Å². The van der Waals surface area contributed by atoms with E-state index in [0.29, 0.717) is 5.69 Å². The Morgan fingerprint density at radius 1 is 1.67 bits per heavy atom. The molecule has 0 atom stereocenters. The zero-order valence-electron chi connectivity index (χ0n) is 8.33. The van der Waals surface area contributed by atoms with Crippen LogP contribution in [0.3, 0.4) is 0 Å². The van der Waals surface area contributed by atoms with Crippen LogP contribution in [0.2, 0.25) is 5.15 Å². The van der Waals surface area contributed by atoms with E-state index < -0.39 is 0 Å². The van der Waals surface area contributed by atoms with Crippen LogP contribution >= 0.6 is 11.6 Å². The van der Waals surface area contributed by atoms with Crippen molar-refractivity contribution in [1.82, 2.24) is 10.3 Å². The molecule has 0 unspecified atom stereocenters. The van der Waals surface area contributed by atoms with Crippen LogP contribution in [0.5, 0.6) is 0 Å². The highest BCUT2D eigenvalue weighted by Gasteiger charge is 2.03. The van der Waals surface area contributed by atoms with Crippen molar-refractivity contribution in [3.05, 3.63) is 35.8 Å². The lowest BCUT2D eigenvalue weighted by Gasteiger charge is -2.04. The molecule has 5 heteroatoms. The number of hydrogen-bond donors (Lipinski definition) is 2. The third kappa shape index (κ3) is 3.99. The van der Waals surface area contributed by atoms with Gasteiger partial charge in [0.25, 0.3) is 0 Å². The molecule has 15 heavy (non-hydrogen) atoms. The fraction of sp³-hybridized carbons (Fsp3) is 0.200. The average molecular weight is 226 g/mol. The van der Waals surface area contributed by atoms with Crippen molar-refractivity contribution >= 4 is 23.3 Å². The molecule has 2 amide bonds. The normalized spacial score (nSPS) is 10.3. The van der Waals surface area contributed by atoms with Crippen LogP contribution < -0.4 is 10.6 Å². The molecule has 0 spiro atoms. The number of halogens is 1. The van der Waals surface area contributed by atoms with Gasteiger partial charge in [0.15, 0.2) is 5.15 Å². The molecule has 0 aliphatic rings. The molecule has 0 bridgehead atoms. The molecule has 0 saturated heterocycles. The van der Waals surface area contributed by atoms with Crippen molar-refractivity contribution in [2.75, 3.05) is 5.32 Å². The third-order valence-electron chi connectivity index (χ3n) is 1.58. The number of hydrogen-bond acceptors (Lipinski definition) is 2. The molecule has 4 nitrogen and oxygen atoms in total. The van der Waals surface area contributed by atoms with Crippen molar-refractivity contribution < 1.29 is 4.79 Å². The fourth-order valence-electron chi connectivity index (χ4n) is 0.890. The van der Waals surface area contributed by atoms with E-state index in [0.717, 1.165) is 6.42 Å². The van der Waals surface area contributed by atoms with Gasteiger partial charge >= 0.3 is 6.03 Å². The van der Waals surface area contributed by atoms with Crippen molar-refractivity contribution in [2.45, 2.75) is 13.3 Å². The first-order valence-corrected chi connectivity index (χ1v) is 4.95. The molecule has 0 radical (unpaired) electrons. The predicted molar refractivity (Wildman–Crippen MR) is 60.8 cm³/mol. The molecule has 0 fully saturated rings. The van der Waals surface area contributed by atoms with Crippen molar-refractivity contribution in [1.29, 1.82) is 0 Å². The summed E-state index contributed by atoms with van der Waals surface area (Å²) in [5.41, 5.74) is 0.488. The summed E-state index contributed by atoms with van der Waals surface area (Å²) in [4.78, 5) is 15.1. The smallest absolute Gasteiger partial charge is 0.315 e. The number of aromatic nitrogens is 1. The van der Waals surface area contributed by atoms with E-state index in [9.17, 15) is 4.79 Å².